The van der Waals surface area contributed by atoms with E-state index in [0.717, 1.165) is 12.1 Å². The topological polar surface area (TPSA) is 53.1 Å². The van der Waals surface area contributed by atoms with Crippen LogP contribution in [0.15, 0.2) is 30.5 Å². The van der Waals surface area contributed by atoms with Gasteiger partial charge in [-0.15, -0.1) is 0 Å². The Labute approximate surface area is 112 Å². The molecule has 0 spiro atoms. The van der Waals surface area contributed by atoms with E-state index in [-0.39, 0.29) is 12.4 Å². The third-order valence-corrected chi connectivity index (χ3v) is 3.04. The maximum Gasteiger partial charge on any atom is 0.167 e. The highest BCUT2D eigenvalue weighted by molar-refractivity contribution is 5.42. The molecule has 2 rings (SSSR count). The predicted octanol–water partition coefficient (Wildman–Crippen LogP) is 3.15. The number of hydrogen-bond donors (Lipinski definition) is 1. The first-order valence-corrected chi connectivity index (χ1v) is 6.32. The number of halogens is 1. The minimum absolute atomic E-state index is 0.187. The molecule has 1 aromatic heterocycles. The molecule has 0 aliphatic heterocycles. The highest BCUT2D eigenvalue weighted by atomic mass is 19.1. The molecule has 0 radical (unpaired) electrons. The van der Waals surface area contributed by atoms with E-state index < -0.39 is 5.82 Å². The molecular formula is C14H18FN3O. The van der Waals surface area contributed by atoms with E-state index in [9.17, 15) is 4.39 Å². The maximum absolute atomic E-state index is 13.5. The van der Waals surface area contributed by atoms with Crippen LogP contribution in [-0.4, -0.2) is 9.78 Å². The van der Waals surface area contributed by atoms with Crippen molar-refractivity contribution in [3.05, 3.63) is 42.0 Å². The van der Waals surface area contributed by atoms with Gasteiger partial charge in [0, 0.05) is 24.0 Å². The van der Waals surface area contributed by atoms with Crippen molar-refractivity contribution >= 4 is 5.69 Å². The van der Waals surface area contributed by atoms with Gasteiger partial charge >= 0.3 is 0 Å². The number of rotatable bonds is 5. The third-order valence-electron chi connectivity index (χ3n) is 3.04. The largest absolute Gasteiger partial charge is 0.484 e. The Morgan fingerprint density at radius 2 is 2.21 bits per heavy atom. The van der Waals surface area contributed by atoms with Gasteiger partial charge in [-0.2, -0.15) is 5.10 Å². The lowest BCUT2D eigenvalue weighted by atomic mass is 10.3. The number of nitrogens with two attached hydrogens (primary N) is 1. The first-order valence-electron chi connectivity index (χ1n) is 6.32. The standard InChI is InChI=1S/C14H18FN3O/c1-3-10(2)18-7-6-12(17-18)9-19-14-5-4-11(16)8-13(14)15/h4-8,10H,3,9,16H2,1-2H3. The zero-order chi connectivity index (χ0) is 13.8. The van der Waals surface area contributed by atoms with Crippen molar-refractivity contribution in [2.45, 2.75) is 32.9 Å². The molecule has 0 aliphatic carbocycles. The average Bonchev–Trinajstić information content (AvgIpc) is 2.85. The van der Waals surface area contributed by atoms with E-state index in [0.29, 0.717) is 11.7 Å². The summed E-state index contributed by atoms with van der Waals surface area (Å²) in [6, 6.07) is 6.60. The molecule has 0 bridgehead atoms. The Balaban J connectivity index is 2.00. The van der Waals surface area contributed by atoms with Gasteiger partial charge in [0.2, 0.25) is 0 Å². The molecule has 2 aromatic rings. The van der Waals surface area contributed by atoms with Crippen LogP contribution in [0.2, 0.25) is 0 Å². The average molecular weight is 263 g/mol. The Bertz CT molecular complexity index is 553. The maximum atomic E-state index is 13.5. The lowest BCUT2D eigenvalue weighted by Gasteiger charge is -2.09. The number of benzene rings is 1. The Kier molecular flexibility index (Phi) is 4.04. The minimum atomic E-state index is -0.457. The Morgan fingerprint density at radius 1 is 1.42 bits per heavy atom. The van der Waals surface area contributed by atoms with Gasteiger partial charge in [-0.1, -0.05) is 6.92 Å². The monoisotopic (exact) mass is 263 g/mol. The molecular weight excluding hydrogens is 245 g/mol. The van der Waals surface area contributed by atoms with Crippen LogP contribution in [0.5, 0.6) is 5.75 Å². The highest BCUT2D eigenvalue weighted by Crippen LogP contribution is 2.20. The van der Waals surface area contributed by atoms with E-state index in [1.54, 1.807) is 6.07 Å². The molecule has 1 aromatic carbocycles. The summed E-state index contributed by atoms with van der Waals surface area (Å²) in [5, 5.41) is 4.39. The fraction of sp³-hybridized carbons (Fsp3) is 0.357. The zero-order valence-electron chi connectivity index (χ0n) is 11.1. The summed E-state index contributed by atoms with van der Waals surface area (Å²) in [6.07, 6.45) is 2.92. The summed E-state index contributed by atoms with van der Waals surface area (Å²) >= 11 is 0. The summed E-state index contributed by atoms with van der Waals surface area (Å²) < 4.78 is 20.8. The molecule has 19 heavy (non-hydrogen) atoms. The first kappa shape index (κ1) is 13.4. The van der Waals surface area contributed by atoms with Gasteiger partial charge in [0.05, 0.1) is 5.69 Å². The molecule has 0 aliphatic rings. The Hall–Kier alpha value is -2.04. The molecule has 4 nitrogen and oxygen atoms in total. The molecule has 0 fully saturated rings. The molecule has 0 amide bonds. The lowest BCUT2D eigenvalue weighted by Crippen LogP contribution is -2.06. The normalized spacial score (nSPS) is 12.4. The summed E-state index contributed by atoms with van der Waals surface area (Å²) in [4.78, 5) is 0. The first-order chi connectivity index (χ1) is 9.10. The summed E-state index contributed by atoms with van der Waals surface area (Å²) in [7, 11) is 0. The van der Waals surface area contributed by atoms with E-state index >= 15 is 0 Å². The number of anilines is 1. The van der Waals surface area contributed by atoms with E-state index in [4.69, 9.17) is 10.5 Å². The van der Waals surface area contributed by atoms with E-state index in [2.05, 4.69) is 18.9 Å². The molecule has 1 atom stereocenters. The van der Waals surface area contributed by atoms with Crippen molar-refractivity contribution < 1.29 is 9.13 Å². The summed E-state index contributed by atoms with van der Waals surface area (Å²) in [6.45, 7) is 4.44. The highest BCUT2D eigenvalue weighted by Gasteiger charge is 2.07. The number of aromatic nitrogens is 2. The van der Waals surface area contributed by atoms with Crippen molar-refractivity contribution in [1.29, 1.82) is 0 Å². The van der Waals surface area contributed by atoms with Gasteiger partial charge in [-0.3, -0.25) is 4.68 Å². The number of nitrogens with zero attached hydrogens (tertiary/aromatic N) is 2. The molecule has 5 heteroatoms. The summed E-state index contributed by atoms with van der Waals surface area (Å²) in [5.41, 5.74) is 6.63. The number of ether oxygens (including phenoxy) is 1. The minimum Gasteiger partial charge on any atom is -0.484 e. The fourth-order valence-corrected chi connectivity index (χ4v) is 1.67. The van der Waals surface area contributed by atoms with Gasteiger partial charge < -0.3 is 10.5 Å². The number of hydrogen-bond acceptors (Lipinski definition) is 3. The van der Waals surface area contributed by atoms with Crippen molar-refractivity contribution in [3.63, 3.8) is 0 Å². The fourth-order valence-electron chi connectivity index (χ4n) is 1.67. The van der Waals surface area contributed by atoms with Crippen LogP contribution in [0.3, 0.4) is 0 Å². The molecule has 102 valence electrons. The third kappa shape index (κ3) is 3.24. The van der Waals surface area contributed by atoms with Crippen LogP contribution in [0.4, 0.5) is 10.1 Å². The van der Waals surface area contributed by atoms with Crippen molar-refractivity contribution in [1.82, 2.24) is 9.78 Å². The van der Waals surface area contributed by atoms with E-state index in [1.165, 1.54) is 12.1 Å². The molecule has 0 saturated carbocycles. The second-order valence-corrected chi connectivity index (χ2v) is 4.52. The second kappa shape index (κ2) is 5.73. The summed E-state index contributed by atoms with van der Waals surface area (Å²) in [5.74, 6) is -0.270. The van der Waals surface area contributed by atoms with Crippen LogP contribution in [-0.2, 0) is 6.61 Å². The second-order valence-electron chi connectivity index (χ2n) is 4.52. The Morgan fingerprint density at radius 3 is 2.89 bits per heavy atom. The molecule has 1 heterocycles. The zero-order valence-corrected chi connectivity index (χ0v) is 11.1. The van der Waals surface area contributed by atoms with Crippen LogP contribution in [0.1, 0.15) is 32.0 Å². The predicted molar refractivity (Wildman–Crippen MR) is 72.4 cm³/mol. The van der Waals surface area contributed by atoms with Gasteiger partial charge in [0.25, 0.3) is 0 Å². The smallest absolute Gasteiger partial charge is 0.167 e. The van der Waals surface area contributed by atoms with Crippen LogP contribution >= 0.6 is 0 Å². The van der Waals surface area contributed by atoms with Gasteiger partial charge in [-0.05, 0) is 31.5 Å². The van der Waals surface area contributed by atoms with Crippen LogP contribution in [0.25, 0.3) is 0 Å². The quantitative estimate of drug-likeness (QED) is 0.843. The van der Waals surface area contributed by atoms with Gasteiger partial charge in [0.15, 0.2) is 11.6 Å². The lowest BCUT2D eigenvalue weighted by molar-refractivity contribution is 0.283. The van der Waals surface area contributed by atoms with Crippen molar-refractivity contribution in [2.75, 3.05) is 5.73 Å². The SMILES string of the molecule is CCC(C)n1ccc(COc2ccc(N)cc2F)n1. The number of nitrogen functional groups attached to an aromatic ring is 1. The van der Waals surface area contributed by atoms with Gasteiger partial charge in [-0.25, -0.2) is 4.39 Å². The molecule has 1 unspecified atom stereocenters. The van der Waals surface area contributed by atoms with Crippen LogP contribution < -0.4 is 10.5 Å². The molecule has 0 saturated heterocycles. The van der Waals surface area contributed by atoms with E-state index in [1.807, 2.05) is 16.9 Å². The van der Waals surface area contributed by atoms with Crippen LogP contribution in [0, 0.1) is 5.82 Å². The van der Waals surface area contributed by atoms with Crippen molar-refractivity contribution in [3.8, 4) is 5.75 Å². The molecule has 2 N–H and O–H groups in total. The van der Waals surface area contributed by atoms with Gasteiger partial charge in [0.1, 0.15) is 6.61 Å². The van der Waals surface area contributed by atoms with Crippen molar-refractivity contribution in [2.24, 2.45) is 0 Å².